The maximum Gasteiger partial charge on any atom is 0.409 e. The largest absolute Gasteiger partial charge is 0.409 e. The summed E-state index contributed by atoms with van der Waals surface area (Å²) < 4.78 is 65.6. The third-order valence-corrected chi connectivity index (χ3v) is 4.34. The molecule has 0 fully saturated rings. The zero-order chi connectivity index (χ0) is 17.8. The van der Waals surface area contributed by atoms with E-state index in [0.717, 1.165) is 5.56 Å². The molecule has 0 aliphatic rings. The smallest absolute Gasteiger partial charge is 0.199 e. The van der Waals surface area contributed by atoms with Crippen LogP contribution >= 0.6 is 0 Å². The van der Waals surface area contributed by atoms with E-state index in [4.69, 9.17) is 0 Å². The van der Waals surface area contributed by atoms with Crippen molar-refractivity contribution >= 4 is 15.7 Å². The predicted molar refractivity (Wildman–Crippen MR) is 86.5 cm³/mol. The van der Waals surface area contributed by atoms with E-state index in [1.165, 1.54) is 24.3 Å². The summed E-state index contributed by atoms with van der Waals surface area (Å²) in [4.78, 5) is -0.0815. The second-order valence-electron chi connectivity index (χ2n) is 5.01. The Labute approximate surface area is 138 Å². The molecule has 0 spiro atoms. The predicted octanol–water partition coefficient (Wildman–Crippen LogP) is 4.29. The first-order chi connectivity index (χ1) is 11.2. The highest BCUT2D eigenvalue weighted by molar-refractivity contribution is 7.90. The molecule has 2 aromatic carbocycles. The van der Waals surface area contributed by atoms with Gasteiger partial charge in [-0.1, -0.05) is 48.0 Å². The molecule has 0 atom stereocenters. The van der Waals surface area contributed by atoms with Gasteiger partial charge in [0.2, 0.25) is 0 Å². The molecule has 0 aromatic heterocycles. The molecule has 126 valence electrons. The lowest BCUT2D eigenvalue weighted by atomic mass is 10.1. The van der Waals surface area contributed by atoms with Crippen molar-refractivity contribution in [1.82, 2.24) is 0 Å². The van der Waals surface area contributed by atoms with Gasteiger partial charge in [-0.15, -0.1) is 0 Å². The highest BCUT2D eigenvalue weighted by Gasteiger charge is 2.23. The summed E-state index contributed by atoms with van der Waals surface area (Å²) in [5.41, 5.74) is 0.848. The molecule has 2 rings (SSSR count). The summed E-state index contributed by atoms with van der Waals surface area (Å²) in [5.74, 6) is 0. The van der Waals surface area contributed by atoms with Crippen molar-refractivity contribution in [3.05, 3.63) is 77.9 Å². The van der Waals surface area contributed by atoms with Crippen LogP contribution < -0.4 is 0 Å². The molecule has 0 bridgehead atoms. The van der Waals surface area contributed by atoms with Crippen LogP contribution in [0, 0.1) is 6.92 Å². The van der Waals surface area contributed by atoms with Crippen molar-refractivity contribution in [2.24, 2.45) is 4.40 Å². The van der Waals surface area contributed by atoms with E-state index >= 15 is 0 Å². The normalized spacial score (nSPS) is 13.4. The number of allylic oxidation sites excluding steroid dienone is 2. The Morgan fingerprint density at radius 2 is 1.58 bits per heavy atom. The van der Waals surface area contributed by atoms with Crippen molar-refractivity contribution in [3.63, 3.8) is 0 Å². The lowest BCUT2D eigenvalue weighted by Gasteiger charge is -2.05. The minimum atomic E-state index is -4.57. The van der Waals surface area contributed by atoms with Gasteiger partial charge in [-0.3, -0.25) is 0 Å². The molecule has 24 heavy (non-hydrogen) atoms. The number of sulfonamides is 1. The van der Waals surface area contributed by atoms with Crippen LogP contribution in [-0.2, 0) is 10.0 Å². The van der Waals surface area contributed by atoms with Crippen LogP contribution in [0.5, 0.6) is 0 Å². The molecule has 0 saturated carbocycles. The minimum absolute atomic E-state index is 0.0382. The molecule has 0 N–H and O–H groups in total. The minimum Gasteiger partial charge on any atom is -0.199 e. The third kappa shape index (κ3) is 5.06. The van der Waals surface area contributed by atoms with Gasteiger partial charge in [0, 0.05) is 11.6 Å². The van der Waals surface area contributed by atoms with Crippen LogP contribution in [0.4, 0.5) is 13.2 Å². The van der Waals surface area contributed by atoms with Crippen molar-refractivity contribution in [1.29, 1.82) is 0 Å². The van der Waals surface area contributed by atoms with Gasteiger partial charge in [0.25, 0.3) is 10.0 Å². The number of alkyl halides is 3. The van der Waals surface area contributed by atoms with E-state index in [0.29, 0.717) is 6.08 Å². The molecular formula is C17H14F3NO2S. The lowest BCUT2D eigenvalue weighted by molar-refractivity contribution is -0.0797. The van der Waals surface area contributed by atoms with Gasteiger partial charge < -0.3 is 0 Å². The maximum atomic E-state index is 12.4. The summed E-state index contributed by atoms with van der Waals surface area (Å²) in [7, 11) is -4.12. The van der Waals surface area contributed by atoms with Gasteiger partial charge in [0.1, 0.15) is 0 Å². The van der Waals surface area contributed by atoms with Crippen molar-refractivity contribution in [3.8, 4) is 0 Å². The van der Waals surface area contributed by atoms with Gasteiger partial charge in [-0.2, -0.15) is 26.0 Å². The fourth-order valence-electron chi connectivity index (χ4n) is 1.85. The number of hydrogen-bond donors (Lipinski definition) is 0. The molecule has 0 amide bonds. The highest BCUT2D eigenvalue weighted by Crippen LogP contribution is 2.19. The fourth-order valence-corrected chi connectivity index (χ4v) is 2.86. The zero-order valence-corrected chi connectivity index (χ0v) is 13.5. The Kier molecular flexibility index (Phi) is 5.23. The quantitative estimate of drug-likeness (QED) is 0.770. The van der Waals surface area contributed by atoms with Gasteiger partial charge in [0.05, 0.1) is 10.6 Å². The van der Waals surface area contributed by atoms with Crippen LogP contribution in [0.3, 0.4) is 0 Å². The van der Waals surface area contributed by atoms with Gasteiger partial charge in [-0.05, 0) is 25.1 Å². The third-order valence-electron chi connectivity index (χ3n) is 3.04. The van der Waals surface area contributed by atoms with Crippen molar-refractivity contribution < 1.29 is 21.6 Å². The fraction of sp³-hybridized carbons (Fsp3) is 0.118. The first kappa shape index (κ1) is 17.9. The van der Waals surface area contributed by atoms with Crippen LogP contribution in [-0.4, -0.2) is 20.3 Å². The average molecular weight is 353 g/mol. The Hall–Kier alpha value is -2.41. The lowest BCUT2D eigenvalue weighted by Crippen LogP contribution is -2.07. The van der Waals surface area contributed by atoms with Crippen LogP contribution in [0.1, 0.15) is 11.1 Å². The molecule has 2 aromatic rings. The van der Waals surface area contributed by atoms with E-state index < -0.39 is 16.2 Å². The number of aryl methyl sites for hydroxylation is 1. The van der Waals surface area contributed by atoms with Crippen LogP contribution in [0.25, 0.3) is 0 Å². The van der Waals surface area contributed by atoms with E-state index in [1.807, 2.05) is 0 Å². The SMILES string of the molecule is Cc1ccc(S(=O)(=O)/N=C(\C=C\C(F)(F)F)c2ccccc2)cc1. The molecule has 0 saturated heterocycles. The topological polar surface area (TPSA) is 46.5 Å². The standard InChI is InChI=1S/C17H14F3NO2S/c1-13-7-9-15(10-8-13)24(22,23)21-16(11-12-17(18,19)20)14-5-3-2-4-6-14/h2-12H,1H3/b12-11+,21-16+. The summed E-state index contributed by atoms with van der Waals surface area (Å²) in [5, 5.41) is 0. The second-order valence-corrected chi connectivity index (χ2v) is 6.61. The Balaban J connectivity index is 2.51. The van der Waals surface area contributed by atoms with E-state index in [9.17, 15) is 21.6 Å². The first-order valence-corrected chi connectivity index (χ1v) is 8.34. The van der Waals surface area contributed by atoms with Gasteiger partial charge in [-0.25, -0.2) is 0 Å². The summed E-state index contributed by atoms with van der Waals surface area (Å²) >= 11 is 0. The molecule has 0 aliphatic heterocycles. The monoisotopic (exact) mass is 353 g/mol. The number of rotatable bonds is 4. The number of benzene rings is 2. The molecular weight excluding hydrogens is 339 g/mol. The first-order valence-electron chi connectivity index (χ1n) is 6.90. The molecule has 0 aliphatic carbocycles. The van der Waals surface area contributed by atoms with Crippen molar-refractivity contribution in [2.45, 2.75) is 18.0 Å². The van der Waals surface area contributed by atoms with E-state index in [2.05, 4.69) is 4.40 Å². The highest BCUT2D eigenvalue weighted by atomic mass is 32.2. The van der Waals surface area contributed by atoms with Crippen molar-refractivity contribution in [2.75, 3.05) is 0 Å². The molecule has 0 unspecified atom stereocenters. The van der Waals surface area contributed by atoms with Gasteiger partial charge >= 0.3 is 6.18 Å². The summed E-state index contributed by atoms with van der Waals surface area (Å²) in [6.45, 7) is 1.79. The Bertz CT molecular complexity index is 853. The van der Waals surface area contributed by atoms with Crippen LogP contribution in [0.2, 0.25) is 0 Å². The number of halogens is 3. The molecule has 0 radical (unpaired) electrons. The maximum absolute atomic E-state index is 12.4. The van der Waals surface area contributed by atoms with Crippen LogP contribution in [0.15, 0.2) is 76.0 Å². The molecule has 0 heterocycles. The van der Waals surface area contributed by atoms with Gasteiger partial charge in [0.15, 0.2) is 0 Å². The number of nitrogens with zero attached hydrogens (tertiary/aromatic N) is 1. The Morgan fingerprint density at radius 1 is 1.00 bits per heavy atom. The molecule has 3 nitrogen and oxygen atoms in total. The average Bonchev–Trinajstić information content (AvgIpc) is 2.52. The Morgan fingerprint density at radius 3 is 2.12 bits per heavy atom. The molecule has 7 heteroatoms. The number of hydrogen-bond acceptors (Lipinski definition) is 2. The zero-order valence-electron chi connectivity index (χ0n) is 12.7. The summed E-state index contributed by atoms with van der Waals surface area (Å²) in [6.07, 6.45) is -3.95. The summed E-state index contributed by atoms with van der Waals surface area (Å²) in [6, 6.07) is 13.7. The van der Waals surface area contributed by atoms with E-state index in [1.54, 1.807) is 37.3 Å². The second kappa shape index (κ2) is 7.00. The van der Waals surface area contributed by atoms with E-state index in [-0.39, 0.29) is 22.2 Å².